The highest BCUT2D eigenvalue weighted by atomic mass is 16.3. The van der Waals surface area contributed by atoms with Gasteiger partial charge in [0.25, 0.3) is 0 Å². The van der Waals surface area contributed by atoms with Crippen molar-refractivity contribution < 1.29 is 4.42 Å². The summed E-state index contributed by atoms with van der Waals surface area (Å²) in [4.78, 5) is 2.35. The molecule has 1 heterocycles. The molecule has 0 N–H and O–H groups in total. The lowest BCUT2D eigenvalue weighted by Gasteiger charge is -2.26. The second-order valence-electron chi connectivity index (χ2n) is 16.9. The van der Waals surface area contributed by atoms with E-state index in [2.05, 4.69) is 254 Å². The number of rotatable bonds is 9. The molecular formula is C64H43NO. The highest BCUT2D eigenvalue weighted by Crippen LogP contribution is 2.41. The van der Waals surface area contributed by atoms with Crippen LogP contribution in [0, 0.1) is 0 Å². The molecule has 1 aromatic heterocycles. The standard InChI is InChI=1S/C64H43NO/c1-3-13-44(14-4-1)54-41-55(45-15-5-2-6-16-45)43-56(42-54)48-29-35-58(36-30-48)65(59-37-31-49(32-38-59)60-22-12-24-63-64(60)61-21-9-10-23-62(61)66-63)57-33-27-47(28-34-57)51-19-11-20-52(39-51)53-26-25-46-17-7-8-18-50(46)40-53/h1-43H. The quantitative estimate of drug-likeness (QED) is 0.144. The van der Waals surface area contributed by atoms with Crippen LogP contribution in [0.5, 0.6) is 0 Å². The monoisotopic (exact) mass is 841 g/mol. The van der Waals surface area contributed by atoms with Crippen LogP contribution in [0.15, 0.2) is 265 Å². The summed E-state index contributed by atoms with van der Waals surface area (Å²) in [6.07, 6.45) is 0. The Morgan fingerprint density at radius 1 is 0.242 bits per heavy atom. The van der Waals surface area contributed by atoms with Crippen LogP contribution in [-0.2, 0) is 0 Å². The zero-order valence-electron chi connectivity index (χ0n) is 36.2. The molecule has 0 aliphatic carbocycles. The Morgan fingerprint density at radius 2 is 0.652 bits per heavy atom. The van der Waals surface area contributed by atoms with Crippen molar-refractivity contribution in [1.29, 1.82) is 0 Å². The van der Waals surface area contributed by atoms with Gasteiger partial charge in [-0.15, -0.1) is 0 Å². The van der Waals surface area contributed by atoms with Crippen molar-refractivity contribution >= 4 is 49.8 Å². The Hall–Kier alpha value is -8.72. The largest absolute Gasteiger partial charge is 0.456 e. The average molecular weight is 842 g/mol. The van der Waals surface area contributed by atoms with Gasteiger partial charge in [-0.2, -0.15) is 0 Å². The van der Waals surface area contributed by atoms with Gasteiger partial charge < -0.3 is 9.32 Å². The van der Waals surface area contributed by atoms with E-state index in [-0.39, 0.29) is 0 Å². The lowest BCUT2D eigenvalue weighted by Crippen LogP contribution is -2.09. The molecule has 0 saturated heterocycles. The Balaban J connectivity index is 0.927. The van der Waals surface area contributed by atoms with Crippen molar-refractivity contribution in [1.82, 2.24) is 0 Å². The van der Waals surface area contributed by atoms with E-state index in [0.29, 0.717) is 0 Å². The van der Waals surface area contributed by atoms with Gasteiger partial charge in [0.2, 0.25) is 0 Å². The summed E-state index contributed by atoms with van der Waals surface area (Å²) in [5.74, 6) is 0. The number of nitrogens with zero attached hydrogens (tertiary/aromatic N) is 1. The van der Waals surface area contributed by atoms with Crippen molar-refractivity contribution in [2.75, 3.05) is 4.90 Å². The smallest absolute Gasteiger partial charge is 0.136 e. The number of benzene rings is 11. The van der Waals surface area contributed by atoms with E-state index < -0.39 is 0 Å². The second-order valence-corrected chi connectivity index (χ2v) is 16.9. The first-order valence-corrected chi connectivity index (χ1v) is 22.6. The van der Waals surface area contributed by atoms with E-state index in [4.69, 9.17) is 4.42 Å². The fraction of sp³-hybridized carbons (Fsp3) is 0. The minimum absolute atomic E-state index is 0.896. The van der Waals surface area contributed by atoms with E-state index in [1.807, 2.05) is 12.1 Å². The van der Waals surface area contributed by atoms with Crippen molar-refractivity contribution in [3.63, 3.8) is 0 Å². The summed E-state index contributed by atoms with van der Waals surface area (Å²) < 4.78 is 6.27. The van der Waals surface area contributed by atoms with Crippen LogP contribution in [0.3, 0.4) is 0 Å². The molecule has 0 unspecified atom stereocenters. The molecule has 0 bridgehead atoms. The third kappa shape index (κ3) is 7.41. The molecule has 0 radical (unpaired) electrons. The maximum atomic E-state index is 6.27. The molecule has 66 heavy (non-hydrogen) atoms. The van der Waals surface area contributed by atoms with E-state index >= 15 is 0 Å². The number of anilines is 3. The third-order valence-electron chi connectivity index (χ3n) is 12.8. The topological polar surface area (TPSA) is 16.4 Å². The van der Waals surface area contributed by atoms with Gasteiger partial charge in [-0.3, -0.25) is 0 Å². The lowest BCUT2D eigenvalue weighted by atomic mass is 9.93. The number of furan rings is 1. The Kier molecular flexibility index (Phi) is 9.89. The molecule has 2 nitrogen and oxygen atoms in total. The molecule has 12 aromatic rings. The van der Waals surface area contributed by atoms with Gasteiger partial charge in [0.1, 0.15) is 11.2 Å². The van der Waals surface area contributed by atoms with Gasteiger partial charge in [-0.1, -0.05) is 182 Å². The summed E-state index contributed by atoms with van der Waals surface area (Å²) in [6, 6.07) is 93.9. The molecule has 0 aliphatic rings. The molecule has 0 aliphatic heterocycles. The molecule has 0 spiro atoms. The molecule has 2 heteroatoms. The SMILES string of the molecule is c1ccc(-c2cc(-c3ccccc3)cc(-c3ccc(N(c4ccc(-c5cccc(-c6ccc7ccccc7c6)c5)cc4)c4ccc(-c5cccc6oc7ccccc7c56)cc4)cc3)c2)cc1. The van der Waals surface area contributed by atoms with Gasteiger partial charge >= 0.3 is 0 Å². The highest BCUT2D eigenvalue weighted by Gasteiger charge is 2.17. The van der Waals surface area contributed by atoms with Crippen LogP contribution >= 0.6 is 0 Å². The fourth-order valence-corrected chi connectivity index (χ4v) is 9.49. The molecule has 0 fully saturated rings. The maximum Gasteiger partial charge on any atom is 0.136 e. The van der Waals surface area contributed by atoms with Gasteiger partial charge in [0, 0.05) is 27.8 Å². The second kappa shape index (κ2) is 16.8. The minimum Gasteiger partial charge on any atom is -0.456 e. The van der Waals surface area contributed by atoms with E-state index in [0.717, 1.165) is 55.7 Å². The van der Waals surface area contributed by atoms with Gasteiger partial charge in [-0.05, 0) is 156 Å². The molecule has 12 rings (SSSR count). The summed E-state index contributed by atoms with van der Waals surface area (Å²) in [5, 5.41) is 4.76. The zero-order valence-corrected chi connectivity index (χ0v) is 36.2. The van der Waals surface area contributed by atoms with E-state index in [9.17, 15) is 0 Å². The van der Waals surface area contributed by atoms with Crippen LogP contribution in [0.2, 0.25) is 0 Å². The molecule has 0 saturated carbocycles. The van der Waals surface area contributed by atoms with Crippen LogP contribution < -0.4 is 4.90 Å². The van der Waals surface area contributed by atoms with Gasteiger partial charge in [0.15, 0.2) is 0 Å². The third-order valence-corrected chi connectivity index (χ3v) is 12.8. The molecule has 310 valence electrons. The summed E-state index contributed by atoms with van der Waals surface area (Å²) in [5.41, 5.74) is 19.2. The number of hydrogen-bond donors (Lipinski definition) is 0. The number of fused-ring (bicyclic) bond motifs is 4. The van der Waals surface area contributed by atoms with Crippen molar-refractivity contribution in [2.24, 2.45) is 0 Å². The summed E-state index contributed by atoms with van der Waals surface area (Å²) >= 11 is 0. The van der Waals surface area contributed by atoms with Crippen LogP contribution in [0.1, 0.15) is 0 Å². The maximum absolute atomic E-state index is 6.27. The van der Waals surface area contributed by atoms with Crippen molar-refractivity contribution in [2.45, 2.75) is 0 Å². The molecule has 0 atom stereocenters. The Bertz CT molecular complexity index is 3610. The Morgan fingerprint density at radius 3 is 1.27 bits per heavy atom. The van der Waals surface area contributed by atoms with Crippen LogP contribution in [-0.4, -0.2) is 0 Å². The predicted octanol–water partition coefficient (Wildman–Crippen LogP) is 18.2. The first-order chi connectivity index (χ1) is 32.7. The number of hydrogen-bond acceptors (Lipinski definition) is 2. The zero-order chi connectivity index (χ0) is 43.8. The van der Waals surface area contributed by atoms with Crippen molar-refractivity contribution in [3.8, 4) is 66.8 Å². The van der Waals surface area contributed by atoms with Crippen LogP contribution in [0.4, 0.5) is 17.1 Å². The first-order valence-electron chi connectivity index (χ1n) is 22.6. The van der Waals surface area contributed by atoms with Crippen LogP contribution in [0.25, 0.3) is 99.5 Å². The number of para-hydroxylation sites is 1. The summed E-state index contributed by atoms with van der Waals surface area (Å²) in [6.45, 7) is 0. The normalized spacial score (nSPS) is 11.3. The first kappa shape index (κ1) is 38.9. The minimum atomic E-state index is 0.896. The van der Waals surface area contributed by atoms with E-state index in [1.165, 1.54) is 60.8 Å². The Labute approximate surface area is 384 Å². The highest BCUT2D eigenvalue weighted by molar-refractivity contribution is 6.12. The molecular weight excluding hydrogens is 799 g/mol. The lowest BCUT2D eigenvalue weighted by molar-refractivity contribution is 0.669. The average Bonchev–Trinajstić information content (AvgIpc) is 3.79. The molecule has 0 amide bonds. The summed E-state index contributed by atoms with van der Waals surface area (Å²) in [7, 11) is 0. The fourth-order valence-electron chi connectivity index (χ4n) is 9.49. The van der Waals surface area contributed by atoms with E-state index in [1.54, 1.807) is 0 Å². The van der Waals surface area contributed by atoms with Gasteiger partial charge in [-0.25, -0.2) is 0 Å². The molecule has 11 aromatic carbocycles. The predicted molar refractivity (Wildman–Crippen MR) is 279 cm³/mol. The van der Waals surface area contributed by atoms with Gasteiger partial charge in [0.05, 0.1) is 0 Å². The van der Waals surface area contributed by atoms with Crippen molar-refractivity contribution in [3.05, 3.63) is 261 Å².